The molecule has 3 N–H and O–H groups in total. The van der Waals surface area contributed by atoms with E-state index >= 15 is 0 Å². The molecule has 0 aliphatic rings. The summed E-state index contributed by atoms with van der Waals surface area (Å²) in [7, 11) is 0. The van der Waals surface area contributed by atoms with Crippen molar-refractivity contribution in [1.82, 2.24) is 5.32 Å². The highest BCUT2D eigenvalue weighted by atomic mass is 16.1. The van der Waals surface area contributed by atoms with Gasteiger partial charge in [-0.25, -0.2) is 0 Å². The van der Waals surface area contributed by atoms with Crippen LogP contribution in [0.1, 0.15) is 39.0 Å². The van der Waals surface area contributed by atoms with Gasteiger partial charge in [-0.15, -0.1) is 6.58 Å². The van der Waals surface area contributed by atoms with Crippen molar-refractivity contribution in [2.45, 2.75) is 45.1 Å². The lowest BCUT2D eigenvalue weighted by atomic mass is 10.2. The van der Waals surface area contributed by atoms with Gasteiger partial charge in [-0.05, 0) is 32.7 Å². The van der Waals surface area contributed by atoms with Gasteiger partial charge in [-0.1, -0.05) is 12.5 Å². The molecule has 0 aromatic carbocycles. The molecule has 0 rings (SSSR count). The Morgan fingerprint density at radius 2 is 2.21 bits per heavy atom. The fourth-order valence-electron chi connectivity index (χ4n) is 1.31. The van der Waals surface area contributed by atoms with Crippen LogP contribution in [0, 0.1) is 0 Å². The number of allylic oxidation sites excluding steroid dienone is 1. The Balaban J connectivity index is 3.18. The lowest BCUT2D eigenvalue weighted by Gasteiger charge is -2.11. The second-order valence-electron chi connectivity index (χ2n) is 3.66. The Hall–Kier alpha value is -0.830. The zero-order valence-electron chi connectivity index (χ0n) is 9.09. The minimum absolute atomic E-state index is 0.201. The first-order valence-electron chi connectivity index (χ1n) is 5.29. The first kappa shape index (κ1) is 13.2. The average Bonchev–Trinajstić information content (AvgIpc) is 2.10. The highest BCUT2D eigenvalue weighted by Gasteiger charge is 2.03. The molecule has 14 heavy (non-hydrogen) atoms. The van der Waals surface area contributed by atoms with Gasteiger partial charge in [0.25, 0.3) is 0 Å². The van der Waals surface area contributed by atoms with E-state index in [1.807, 2.05) is 13.0 Å². The van der Waals surface area contributed by atoms with Crippen molar-refractivity contribution in [1.29, 1.82) is 0 Å². The van der Waals surface area contributed by atoms with Crippen molar-refractivity contribution in [3.63, 3.8) is 0 Å². The molecule has 1 unspecified atom stereocenters. The van der Waals surface area contributed by atoms with E-state index < -0.39 is 0 Å². The Morgan fingerprint density at radius 1 is 1.50 bits per heavy atom. The largest absolute Gasteiger partial charge is 0.370 e. The molecule has 0 saturated heterocycles. The number of unbranched alkanes of at least 4 members (excludes halogenated alkanes) is 3. The number of amides is 1. The quantitative estimate of drug-likeness (QED) is 0.436. The molecule has 1 amide bonds. The Morgan fingerprint density at radius 3 is 2.79 bits per heavy atom. The molecular weight excluding hydrogens is 176 g/mol. The maximum Gasteiger partial charge on any atom is 0.218 e. The molecule has 0 bridgehead atoms. The van der Waals surface area contributed by atoms with E-state index in [0.717, 1.165) is 19.4 Å². The number of primary amides is 1. The smallest absolute Gasteiger partial charge is 0.218 e. The van der Waals surface area contributed by atoms with Gasteiger partial charge in [0, 0.05) is 12.5 Å². The van der Waals surface area contributed by atoms with E-state index in [-0.39, 0.29) is 11.9 Å². The summed E-state index contributed by atoms with van der Waals surface area (Å²) in [5.74, 6) is -0.239. The monoisotopic (exact) mass is 198 g/mol. The van der Waals surface area contributed by atoms with Gasteiger partial charge < -0.3 is 11.1 Å². The molecule has 82 valence electrons. The fourth-order valence-corrected chi connectivity index (χ4v) is 1.31. The van der Waals surface area contributed by atoms with Crippen LogP contribution in [0.15, 0.2) is 12.7 Å². The van der Waals surface area contributed by atoms with Gasteiger partial charge in [-0.2, -0.15) is 0 Å². The van der Waals surface area contributed by atoms with Gasteiger partial charge in [0.1, 0.15) is 0 Å². The predicted molar refractivity (Wildman–Crippen MR) is 59.9 cm³/mol. The topological polar surface area (TPSA) is 55.1 Å². The lowest BCUT2D eigenvalue weighted by Crippen LogP contribution is -2.31. The summed E-state index contributed by atoms with van der Waals surface area (Å²) in [5.41, 5.74) is 5.07. The molecule has 0 aromatic heterocycles. The first-order valence-corrected chi connectivity index (χ1v) is 5.29. The second-order valence-corrected chi connectivity index (χ2v) is 3.66. The fraction of sp³-hybridized carbons (Fsp3) is 0.727. The van der Waals surface area contributed by atoms with Crippen LogP contribution in [0.5, 0.6) is 0 Å². The summed E-state index contributed by atoms with van der Waals surface area (Å²) in [5, 5.41) is 3.26. The van der Waals surface area contributed by atoms with Crippen LogP contribution in [0.25, 0.3) is 0 Å². The number of hydrogen-bond donors (Lipinski definition) is 2. The number of nitrogens with one attached hydrogen (secondary N) is 1. The number of hydrogen-bond acceptors (Lipinski definition) is 2. The van der Waals surface area contributed by atoms with Crippen LogP contribution in [0.2, 0.25) is 0 Å². The lowest BCUT2D eigenvalue weighted by molar-refractivity contribution is -0.118. The number of carbonyl (C=O) groups is 1. The molecule has 0 aromatic rings. The van der Waals surface area contributed by atoms with Crippen molar-refractivity contribution in [2.24, 2.45) is 5.73 Å². The third-order valence-electron chi connectivity index (χ3n) is 2.09. The maximum atomic E-state index is 10.6. The summed E-state index contributed by atoms with van der Waals surface area (Å²) in [6.07, 6.45) is 7.03. The number of carbonyl (C=O) groups excluding carboxylic acids is 1. The Kier molecular flexibility index (Phi) is 8.24. The van der Waals surface area contributed by atoms with E-state index in [1.54, 1.807) is 0 Å². The summed E-state index contributed by atoms with van der Waals surface area (Å²) in [4.78, 5) is 10.6. The van der Waals surface area contributed by atoms with Gasteiger partial charge in [0.05, 0.1) is 0 Å². The molecule has 0 spiro atoms. The SMILES string of the molecule is C=CCCCCCNC(C)CC(N)=O. The molecule has 3 heteroatoms. The minimum Gasteiger partial charge on any atom is -0.370 e. The molecule has 0 aliphatic carbocycles. The van der Waals surface area contributed by atoms with Crippen LogP contribution in [-0.2, 0) is 4.79 Å². The third kappa shape index (κ3) is 9.26. The molecule has 1 atom stereocenters. The molecule has 0 saturated carbocycles. The highest BCUT2D eigenvalue weighted by Crippen LogP contribution is 1.99. The predicted octanol–water partition coefficient (Wildman–Crippen LogP) is 1.59. The summed E-state index contributed by atoms with van der Waals surface area (Å²) in [6, 6.07) is 0.201. The van der Waals surface area contributed by atoms with E-state index in [0.29, 0.717) is 6.42 Å². The Labute approximate surface area is 86.8 Å². The maximum absolute atomic E-state index is 10.6. The standard InChI is InChI=1S/C11H22N2O/c1-3-4-5-6-7-8-13-10(2)9-11(12)14/h3,10,13H,1,4-9H2,2H3,(H2,12,14). The van der Waals surface area contributed by atoms with Gasteiger partial charge in [-0.3, -0.25) is 4.79 Å². The van der Waals surface area contributed by atoms with Crippen molar-refractivity contribution in [3.05, 3.63) is 12.7 Å². The van der Waals surface area contributed by atoms with Crippen molar-refractivity contribution in [2.75, 3.05) is 6.54 Å². The van der Waals surface area contributed by atoms with Gasteiger partial charge in [0.2, 0.25) is 5.91 Å². The molecule has 3 nitrogen and oxygen atoms in total. The molecule has 0 radical (unpaired) electrons. The number of rotatable bonds is 9. The average molecular weight is 198 g/mol. The van der Waals surface area contributed by atoms with Crippen molar-refractivity contribution in [3.8, 4) is 0 Å². The molecular formula is C11H22N2O. The zero-order chi connectivity index (χ0) is 10.8. The van der Waals surface area contributed by atoms with Gasteiger partial charge >= 0.3 is 0 Å². The first-order chi connectivity index (χ1) is 6.66. The van der Waals surface area contributed by atoms with Crippen LogP contribution in [0.4, 0.5) is 0 Å². The molecule has 0 fully saturated rings. The van der Waals surface area contributed by atoms with Gasteiger partial charge in [0.15, 0.2) is 0 Å². The van der Waals surface area contributed by atoms with Crippen LogP contribution < -0.4 is 11.1 Å². The van der Waals surface area contributed by atoms with E-state index in [4.69, 9.17) is 5.73 Å². The second kappa shape index (κ2) is 8.75. The van der Waals surface area contributed by atoms with E-state index in [9.17, 15) is 4.79 Å². The third-order valence-corrected chi connectivity index (χ3v) is 2.09. The normalized spacial score (nSPS) is 12.4. The van der Waals surface area contributed by atoms with Crippen LogP contribution in [-0.4, -0.2) is 18.5 Å². The summed E-state index contributed by atoms with van der Waals surface area (Å²) < 4.78 is 0. The van der Waals surface area contributed by atoms with E-state index in [1.165, 1.54) is 12.8 Å². The highest BCUT2D eigenvalue weighted by molar-refractivity contribution is 5.74. The zero-order valence-corrected chi connectivity index (χ0v) is 9.09. The summed E-state index contributed by atoms with van der Waals surface area (Å²) in [6.45, 7) is 6.62. The molecule has 0 aliphatic heterocycles. The molecule has 0 heterocycles. The minimum atomic E-state index is -0.239. The summed E-state index contributed by atoms with van der Waals surface area (Å²) >= 11 is 0. The van der Waals surface area contributed by atoms with Crippen molar-refractivity contribution < 1.29 is 4.79 Å². The number of nitrogens with two attached hydrogens (primary N) is 1. The van der Waals surface area contributed by atoms with Crippen molar-refractivity contribution >= 4 is 5.91 Å². The Bertz CT molecular complexity index is 169. The van der Waals surface area contributed by atoms with Crippen LogP contribution >= 0.6 is 0 Å². The van der Waals surface area contributed by atoms with E-state index in [2.05, 4.69) is 11.9 Å². The van der Waals surface area contributed by atoms with Crippen LogP contribution in [0.3, 0.4) is 0 Å².